The van der Waals surface area contributed by atoms with Gasteiger partial charge in [0.1, 0.15) is 5.82 Å². The van der Waals surface area contributed by atoms with Crippen LogP contribution in [-0.2, 0) is 14.3 Å². The molecule has 8 heteroatoms. The first-order valence-electron chi connectivity index (χ1n) is 13.2. The number of hydrogen-bond donors (Lipinski definition) is 0. The predicted octanol–water partition coefficient (Wildman–Crippen LogP) is 3.16. The zero-order valence-electron chi connectivity index (χ0n) is 19.9. The first-order valence-corrected chi connectivity index (χ1v) is 14.0. The van der Waals surface area contributed by atoms with E-state index in [0.29, 0.717) is 12.5 Å². The molecule has 5 heterocycles. The minimum atomic E-state index is -0.0698. The summed E-state index contributed by atoms with van der Waals surface area (Å²) in [7, 11) is 0. The van der Waals surface area contributed by atoms with Crippen molar-refractivity contribution in [3.8, 4) is 0 Å². The number of nitrogens with zero attached hydrogens (tertiary/aromatic N) is 4. The van der Waals surface area contributed by atoms with Crippen molar-refractivity contribution in [2.45, 2.75) is 37.9 Å². The van der Waals surface area contributed by atoms with Gasteiger partial charge in [0.25, 0.3) is 0 Å². The number of piperazine rings is 1. The van der Waals surface area contributed by atoms with Crippen molar-refractivity contribution in [3.05, 3.63) is 36.4 Å². The fourth-order valence-corrected chi connectivity index (χ4v) is 7.90. The summed E-state index contributed by atoms with van der Waals surface area (Å²) >= 11 is 1.58. The van der Waals surface area contributed by atoms with Crippen molar-refractivity contribution >= 4 is 39.3 Å². The van der Waals surface area contributed by atoms with E-state index in [9.17, 15) is 9.59 Å². The van der Waals surface area contributed by atoms with E-state index in [0.717, 1.165) is 64.2 Å². The maximum absolute atomic E-state index is 13.1. The van der Waals surface area contributed by atoms with E-state index in [1.54, 1.807) is 16.4 Å². The molecule has 5 aliphatic rings. The summed E-state index contributed by atoms with van der Waals surface area (Å²) in [5.74, 6) is 1.64. The molecule has 4 aliphatic heterocycles. The van der Waals surface area contributed by atoms with Gasteiger partial charge in [-0.15, -0.1) is 0 Å². The van der Waals surface area contributed by atoms with Crippen LogP contribution in [0.5, 0.6) is 0 Å². The van der Waals surface area contributed by atoms with Gasteiger partial charge in [-0.2, -0.15) is 4.37 Å². The number of carbonyl (C=O) groups excluding carboxylic acids is 2. The normalized spacial score (nSPS) is 35.0. The van der Waals surface area contributed by atoms with Crippen molar-refractivity contribution in [3.63, 3.8) is 0 Å². The molecule has 0 radical (unpaired) electrons. The van der Waals surface area contributed by atoms with Crippen LogP contribution >= 0.6 is 11.5 Å². The number of anilines is 1. The Morgan fingerprint density at radius 3 is 2.26 bits per heavy atom. The molecular formula is C27H32N4O3S. The molecule has 2 amide bonds. The number of imide groups is 1. The second-order valence-electron chi connectivity index (χ2n) is 10.9. The number of aromatic nitrogens is 1. The Morgan fingerprint density at radius 1 is 0.886 bits per heavy atom. The molecule has 1 aromatic heterocycles. The van der Waals surface area contributed by atoms with E-state index in [-0.39, 0.29) is 41.8 Å². The molecule has 6 unspecified atom stereocenters. The van der Waals surface area contributed by atoms with Crippen LogP contribution in [0.25, 0.3) is 10.1 Å². The number of fused-ring (bicyclic) bond motifs is 4. The standard InChI is InChI=1S/C27H32N4O3S/c32-26-17-5-1-2-6-18(17)27(33)31(26)16-21-20(22-9-10-23(21)34-22)15-29-11-13-30(14-12-29)25-19-7-3-4-8-24(19)35-28-25/h3-4,7-10,17-18,20-23H,1-2,5-6,11-16H2. The van der Waals surface area contributed by atoms with Crippen LogP contribution in [0.3, 0.4) is 0 Å². The number of likely N-dealkylation sites (tertiary alicyclic amines) is 1. The zero-order chi connectivity index (χ0) is 23.5. The van der Waals surface area contributed by atoms with Gasteiger partial charge >= 0.3 is 0 Å². The van der Waals surface area contributed by atoms with E-state index in [2.05, 4.69) is 46.2 Å². The smallest absolute Gasteiger partial charge is 0.233 e. The molecule has 1 saturated carbocycles. The first kappa shape index (κ1) is 21.9. The van der Waals surface area contributed by atoms with Crippen LogP contribution in [0, 0.1) is 23.7 Å². The van der Waals surface area contributed by atoms with E-state index in [1.807, 2.05) is 0 Å². The largest absolute Gasteiger partial charge is 0.366 e. The topological polar surface area (TPSA) is 66.0 Å². The van der Waals surface area contributed by atoms with Crippen LogP contribution in [0.15, 0.2) is 36.4 Å². The Morgan fingerprint density at radius 2 is 1.54 bits per heavy atom. The van der Waals surface area contributed by atoms with Crippen LogP contribution in [0.1, 0.15) is 25.7 Å². The summed E-state index contributed by atoms with van der Waals surface area (Å²) in [6.07, 6.45) is 8.35. The van der Waals surface area contributed by atoms with Gasteiger partial charge < -0.3 is 9.64 Å². The Labute approximate surface area is 209 Å². The Kier molecular flexibility index (Phi) is 5.44. The van der Waals surface area contributed by atoms with E-state index >= 15 is 0 Å². The van der Waals surface area contributed by atoms with Crippen molar-refractivity contribution in [2.75, 3.05) is 44.2 Å². The molecule has 4 fully saturated rings. The maximum atomic E-state index is 13.1. The molecule has 0 N–H and O–H groups in total. The molecular weight excluding hydrogens is 460 g/mol. The molecule has 0 spiro atoms. The maximum Gasteiger partial charge on any atom is 0.233 e. The fourth-order valence-electron chi connectivity index (χ4n) is 7.11. The second-order valence-corrected chi connectivity index (χ2v) is 11.7. The third-order valence-corrected chi connectivity index (χ3v) is 9.84. The molecule has 3 saturated heterocycles. The van der Waals surface area contributed by atoms with Gasteiger partial charge in [-0.1, -0.05) is 37.1 Å². The molecule has 7 rings (SSSR count). The second kappa shape index (κ2) is 8.68. The fraction of sp³-hybridized carbons (Fsp3) is 0.593. The van der Waals surface area contributed by atoms with Crippen LogP contribution in [0.4, 0.5) is 5.82 Å². The quantitative estimate of drug-likeness (QED) is 0.472. The minimum absolute atomic E-state index is 0.0240. The molecule has 2 aromatic rings. The van der Waals surface area contributed by atoms with Gasteiger partial charge in [0, 0.05) is 56.5 Å². The van der Waals surface area contributed by atoms with Crippen molar-refractivity contribution in [1.29, 1.82) is 0 Å². The van der Waals surface area contributed by atoms with Crippen LogP contribution in [0.2, 0.25) is 0 Å². The molecule has 1 aliphatic carbocycles. The van der Waals surface area contributed by atoms with Crippen LogP contribution in [-0.4, -0.2) is 77.5 Å². The number of carbonyl (C=O) groups is 2. The third-order valence-electron chi connectivity index (χ3n) is 9.02. The highest BCUT2D eigenvalue weighted by Gasteiger charge is 2.52. The van der Waals surface area contributed by atoms with Gasteiger partial charge in [-0.25, -0.2) is 0 Å². The summed E-state index contributed by atoms with van der Waals surface area (Å²) < 4.78 is 12.2. The molecule has 184 valence electrons. The molecule has 2 bridgehead atoms. The lowest BCUT2D eigenvalue weighted by Gasteiger charge is -2.38. The number of rotatable bonds is 5. The molecule has 35 heavy (non-hydrogen) atoms. The Balaban J connectivity index is 1.02. The van der Waals surface area contributed by atoms with Crippen molar-refractivity contribution < 1.29 is 14.3 Å². The molecule has 6 atom stereocenters. The van der Waals surface area contributed by atoms with Gasteiger partial charge in [-0.05, 0) is 36.5 Å². The van der Waals surface area contributed by atoms with Crippen LogP contribution < -0.4 is 4.90 Å². The molecule has 7 nitrogen and oxygen atoms in total. The minimum Gasteiger partial charge on any atom is -0.366 e. The Bertz CT molecular complexity index is 1150. The van der Waals surface area contributed by atoms with Crippen molar-refractivity contribution in [1.82, 2.24) is 14.2 Å². The summed E-state index contributed by atoms with van der Waals surface area (Å²) in [6.45, 7) is 5.37. The van der Waals surface area contributed by atoms with Gasteiger partial charge in [-0.3, -0.25) is 19.4 Å². The van der Waals surface area contributed by atoms with E-state index < -0.39 is 0 Å². The van der Waals surface area contributed by atoms with E-state index in [4.69, 9.17) is 9.11 Å². The number of hydrogen-bond acceptors (Lipinski definition) is 7. The summed E-state index contributed by atoms with van der Waals surface area (Å²) in [4.78, 5) is 32.8. The number of ether oxygens (including phenoxy) is 1. The summed E-state index contributed by atoms with van der Waals surface area (Å²) in [6, 6.07) is 8.47. The predicted molar refractivity (Wildman–Crippen MR) is 135 cm³/mol. The van der Waals surface area contributed by atoms with Crippen molar-refractivity contribution in [2.24, 2.45) is 23.7 Å². The number of benzene rings is 1. The first-order chi connectivity index (χ1) is 17.2. The molecule has 1 aromatic carbocycles. The highest BCUT2D eigenvalue weighted by atomic mass is 32.1. The lowest BCUT2D eigenvalue weighted by molar-refractivity contribution is -0.141. The average molecular weight is 493 g/mol. The average Bonchev–Trinajstić information content (AvgIpc) is 3.66. The summed E-state index contributed by atoms with van der Waals surface area (Å²) in [5.41, 5.74) is 0. The lowest BCUT2D eigenvalue weighted by atomic mass is 9.81. The van der Waals surface area contributed by atoms with Gasteiger partial charge in [0.2, 0.25) is 11.8 Å². The van der Waals surface area contributed by atoms with Gasteiger partial charge in [0.05, 0.1) is 28.7 Å². The monoisotopic (exact) mass is 492 g/mol. The highest BCUT2D eigenvalue weighted by molar-refractivity contribution is 7.13. The Hall–Kier alpha value is -2.29. The third kappa shape index (κ3) is 3.64. The zero-order valence-corrected chi connectivity index (χ0v) is 20.7. The number of amides is 2. The SMILES string of the molecule is O=C1C2CCCCC2C(=O)N1CC1C2C=CC(O2)C1CN1CCN(c2nsc3ccccc23)CC1. The van der Waals surface area contributed by atoms with Gasteiger partial charge in [0.15, 0.2) is 0 Å². The van der Waals surface area contributed by atoms with E-state index in [1.165, 1.54) is 10.1 Å². The lowest BCUT2D eigenvalue weighted by Crippen LogP contribution is -2.50. The highest BCUT2D eigenvalue weighted by Crippen LogP contribution is 2.43. The summed E-state index contributed by atoms with van der Waals surface area (Å²) in [5, 5.41) is 1.25.